The Morgan fingerprint density at radius 1 is 0.116 bits per heavy atom. The maximum Gasteiger partial charge on any atom is 0.106 e. The zero-order chi connectivity index (χ0) is 49.4. The molecule has 0 unspecified atom stereocenters. The smallest absolute Gasteiger partial charge is 0.106 e. The summed E-state index contributed by atoms with van der Waals surface area (Å²) in [5.41, 5.74) is 0. The second-order valence-electron chi connectivity index (χ2n) is 13.4. The summed E-state index contributed by atoms with van der Waals surface area (Å²) in [7, 11) is 0. The van der Waals surface area contributed by atoms with E-state index in [1.54, 1.807) is 0 Å². The number of hydrogen-bond donors (Lipinski definition) is 2. The van der Waals surface area contributed by atoms with Gasteiger partial charge in [-0.1, -0.05) is 0 Å². The lowest BCUT2D eigenvalue weighted by molar-refractivity contribution is -0.303. The van der Waals surface area contributed by atoms with Crippen molar-refractivity contribution in [2.45, 2.75) is 0 Å². The fraction of sp³-hybridized carbons (Fsp3) is 1.00. The van der Waals surface area contributed by atoms with Crippen LogP contribution < -0.4 is 0 Å². The average Bonchev–Trinajstić information content (AvgIpc) is 3.36. The molecule has 0 heterocycles. The highest BCUT2D eigenvalue weighted by Gasteiger charge is 2.00. The molecule has 0 atom stereocenters. The largest absolute Gasteiger partial charge is 0.394 e. The van der Waals surface area contributed by atoms with Crippen LogP contribution in [0.2, 0.25) is 0 Å². The van der Waals surface area contributed by atoms with Gasteiger partial charge in [0.15, 0.2) is 0 Å². The molecule has 25 nitrogen and oxygen atoms in total. The third-order valence-electron chi connectivity index (χ3n) is 7.83. The Morgan fingerprint density at radius 3 is 0.304 bits per heavy atom. The molecule has 69 heavy (non-hydrogen) atoms. The average molecular weight is 1020 g/mol. The number of hydrogen-bond acceptors (Lipinski definition) is 25. The van der Waals surface area contributed by atoms with Crippen molar-refractivity contribution in [1.82, 2.24) is 0 Å². The van der Waals surface area contributed by atoms with E-state index in [-0.39, 0.29) is 13.2 Å². The van der Waals surface area contributed by atoms with E-state index in [1.165, 1.54) is 0 Å². The fourth-order valence-electron chi connectivity index (χ4n) is 4.56. The number of aliphatic hydroxyl groups is 2. The van der Waals surface area contributed by atoms with Crippen LogP contribution in [0.15, 0.2) is 0 Å². The molecule has 2 N–H and O–H groups in total. The summed E-state index contributed by atoms with van der Waals surface area (Å²) >= 11 is 0. The van der Waals surface area contributed by atoms with Crippen LogP contribution in [-0.2, 0) is 110 Å². The van der Waals surface area contributed by atoms with Gasteiger partial charge in [0.05, 0.1) is 264 Å². The van der Waals surface area contributed by atoms with Crippen molar-refractivity contribution in [3.63, 3.8) is 0 Å². The van der Waals surface area contributed by atoms with Crippen LogP contribution in [0.25, 0.3) is 0 Å². The SMILES string of the molecule is OCCOCCOCCOCCOCCOCCOCCOOCCOCCOCCOCCOCCOCCOCCOCCOOCCOCCOCCOCCOCCOCCOCCO. The van der Waals surface area contributed by atoms with Crippen LogP contribution in [-0.4, -0.2) is 301 Å². The van der Waals surface area contributed by atoms with Gasteiger partial charge in [-0.2, -0.15) is 0 Å². The Bertz CT molecular complexity index is 812. The number of rotatable bonds is 66. The summed E-state index contributed by atoms with van der Waals surface area (Å²) in [4.78, 5) is 20.2. The van der Waals surface area contributed by atoms with Crippen molar-refractivity contribution in [2.24, 2.45) is 0 Å². The maximum atomic E-state index is 8.60. The normalized spacial score (nSPS) is 11.7. The highest BCUT2D eigenvalue weighted by molar-refractivity contribution is 4.41. The molecule has 0 saturated heterocycles. The molecule has 25 heteroatoms. The summed E-state index contributed by atoms with van der Waals surface area (Å²) in [6, 6.07) is 0. The lowest BCUT2D eigenvalue weighted by Gasteiger charge is -2.09. The Labute approximate surface area is 409 Å². The molecule has 0 bridgehead atoms. The van der Waals surface area contributed by atoms with Gasteiger partial charge in [-0.25, -0.2) is 19.6 Å². The molecule has 0 saturated carbocycles. The molecule has 0 aliphatic heterocycles. The maximum absolute atomic E-state index is 8.60. The molecule has 0 radical (unpaired) electrons. The molecule has 0 aromatic heterocycles. The molecule has 416 valence electrons. The van der Waals surface area contributed by atoms with Gasteiger partial charge in [0.25, 0.3) is 0 Å². The van der Waals surface area contributed by atoms with Crippen molar-refractivity contribution in [3.8, 4) is 0 Å². The third-order valence-corrected chi connectivity index (χ3v) is 7.83. The van der Waals surface area contributed by atoms with Gasteiger partial charge in [0, 0.05) is 0 Å². The van der Waals surface area contributed by atoms with Gasteiger partial charge in [-0.15, -0.1) is 0 Å². The Balaban J connectivity index is 3.07. The van der Waals surface area contributed by atoms with Crippen LogP contribution in [0.4, 0.5) is 0 Å². The Morgan fingerprint density at radius 2 is 0.203 bits per heavy atom. The second-order valence-corrected chi connectivity index (χ2v) is 13.4. The minimum atomic E-state index is 0.0150. The van der Waals surface area contributed by atoms with Crippen molar-refractivity contribution in [3.05, 3.63) is 0 Å². The molecule has 0 spiro atoms. The van der Waals surface area contributed by atoms with Crippen molar-refractivity contribution in [1.29, 1.82) is 0 Å². The predicted octanol–water partition coefficient (Wildman–Crippen LogP) is -0.817. The van der Waals surface area contributed by atoms with Gasteiger partial charge in [-0.3, -0.25) is 0 Å². The van der Waals surface area contributed by atoms with E-state index in [0.29, 0.717) is 277 Å². The van der Waals surface area contributed by atoms with E-state index in [9.17, 15) is 0 Å². The quantitative estimate of drug-likeness (QED) is 0.0429. The van der Waals surface area contributed by atoms with Gasteiger partial charge < -0.3 is 100 Å². The van der Waals surface area contributed by atoms with Gasteiger partial charge in [0.1, 0.15) is 26.4 Å². The highest BCUT2D eigenvalue weighted by Crippen LogP contribution is 1.91. The second kappa shape index (κ2) is 67.0. The van der Waals surface area contributed by atoms with Crippen LogP contribution in [0.3, 0.4) is 0 Å². The topological polar surface area (TPSA) is 253 Å². The van der Waals surface area contributed by atoms with E-state index >= 15 is 0 Å². The first kappa shape index (κ1) is 68.0. The molecule has 0 aliphatic rings. The molecule has 0 amide bonds. The Kier molecular flexibility index (Phi) is 66.0. The summed E-state index contributed by atoms with van der Waals surface area (Å²) < 4.78 is 103. The van der Waals surface area contributed by atoms with Crippen molar-refractivity contribution < 1.29 is 120 Å². The van der Waals surface area contributed by atoms with E-state index in [1.807, 2.05) is 0 Å². The van der Waals surface area contributed by atoms with Crippen molar-refractivity contribution in [2.75, 3.05) is 291 Å². The lowest BCUT2D eigenvalue weighted by atomic mass is 10.6. The zero-order valence-electron chi connectivity index (χ0n) is 41.4. The molecular formula is C44H90O25. The summed E-state index contributed by atoms with van der Waals surface area (Å²) in [6.07, 6.45) is 0. The van der Waals surface area contributed by atoms with Crippen LogP contribution in [0.5, 0.6) is 0 Å². The molecule has 0 aliphatic carbocycles. The summed E-state index contributed by atoms with van der Waals surface area (Å²) in [5, 5.41) is 17.2. The van der Waals surface area contributed by atoms with Crippen LogP contribution in [0.1, 0.15) is 0 Å². The molecule has 0 aromatic carbocycles. The van der Waals surface area contributed by atoms with Crippen molar-refractivity contribution >= 4 is 0 Å². The number of aliphatic hydroxyl groups excluding tert-OH is 2. The first-order chi connectivity index (χ1) is 34.4. The molecule has 0 aromatic rings. The van der Waals surface area contributed by atoms with Crippen LogP contribution in [0, 0.1) is 0 Å². The van der Waals surface area contributed by atoms with Gasteiger partial charge in [0.2, 0.25) is 0 Å². The minimum absolute atomic E-state index is 0.0150. The van der Waals surface area contributed by atoms with Crippen LogP contribution >= 0.6 is 0 Å². The monoisotopic (exact) mass is 1020 g/mol. The van der Waals surface area contributed by atoms with E-state index in [2.05, 4.69) is 0 Å². The van der Waals surface area contributed by atoms with Gasteiger partial charge in [-0.05, 0) is 0 Å². The first-order valence-electron chi connectivity index (χ1n) is 24.1. The fourth-order valence-corrected chi connectivity index (χ4v) is 4.56. The highest BCUT2D eigenvalue weighted by atomic mass is 17.2. The van der Waals surface area contributed by atoms with E-state index < -0.39 is 0 Å². The molecule has 0 rings (SSSR count). The zero-order valence-corrected chi connectivity index (χ0v) is 41.4. The molecule has 0 fully saturated rings. The summed E-state index contributed by atoms with van der Waals surface area (Å²) in [6.45, 7) is 18.5. The third kappa shape index (κ3) is 67.0. The standard InChI is InChI=1S/C44H90O25/c45-1-3-47-5-7-49-9-11-51-13-15-54-21-25-58-29-33-62-37-41-66-68-43-39-64-35-31-60-27-23-56-19-17-53-18-20-57-24-28-61-32-36-65-40-44-69-67-42-38-63-34-30-59-26-22-55-16-14-52-12-10-50-8-6-48-4-2-46/h45-46H,1-44H2. The van der Waals surface area contributed by atoms with Gasteiger partial charge >= 0.3 is 0 Å². The molecular weight excluding hydrogens is 928 g/mol. The predicted molar refractivity (Wildman–Crippen MR) is 244 cm³/mol. The lowest BCUT2D eigenvalue weighted by Crippen LogP contribution is -2.15. The Hall–Kier alpha value is -1.00. The van der Waals surface area contributed by atoms with E-state index in [4.69, 9.17) is 120 Å². The first-order valence-corrected chi connectivity index (χ1v) is 24.1. The van der Waals surface area contributed by atoms with E-state index in [0.717, 1.165) is 0 Å². The minimum Gasteiger partial charge on any atom is -0.394 e. The number of ether oxygens (including phenoxy) is 19. The summed E-state index contributed by atoms with van der Waals surface area (Å²) in [5.74, 6) is 0.